The van der Waals surface area contributed by atoms with Gasteiger partial charge in [-0.05, 0) is 56.1 Å². The van der Waals surface area contributed by atoms with Crippen LogP contribution in [-0.2, 0) is 16.4 Å². The molecule has 0 saturated carbocycles. The second kappa shape index (κ2) is 9.66. The third-order valence-electron chi connectivity index (χ3n) is 6.51. The predicted octanol–water partition coefficient (Wildman–Crippen LogP) is 3.01. The Kier molecular flexibility index (Phi) is 7.42. The van der Waals surface area contributed by atoms with E-state index in [1.165, 1.54) is 4.31 Å². The average molecular weight is 437 g/mol. The monoisotopic (exact) mass is 436 g/mol. The second-order valence-electron chi connectivity index (χ2n) is 8.03. The fourth-order valence-electron chi connectivity index (χ4n) is 4.77. The molecule has 7 nitrogen and oxygen atoms in total. The van der Waals surface area contributed by atoms with Crippen LogP contribution in [0.5, 0.6) is 0 Å². The average Bonchev–Trinajstić information content (AvgIpc) is 3.24. The summed E-state index contributed by atoms with van der Waals surface area (Å²) in [5, 5.41) is 0. The van der Waals surface area contributed by atoms with Gasteiger partial charge in [0.2, 0.25) is 10.0 Å². The molecule has 0 spiro atoms. The van der Waals surface area contributed by atoms with Crippen LogP contribution in [0.2, 0.25) is 0 Å². The number of anilines is 1. The summed E-state index contributed by atoms with van der Waals surface area (Å²) in [4.78, 5) is 19.8. The molecule has 0 N–H and O–H groups in total. The SMILES string of the molecule is CCN(CC)C1CCN(C(=O)N2CCCc3cc(S(=O)(=O)N(CC)CC)ccc32)C1. The lowest BCUT2D eigenvalue weighted by Crippen LogP contribution is -2.46. The number of likely N-dealkylation sites (tertiary alicyclic amines) is 1. The number of rotatable bonds is 7. The number of benzene rings is 1. The van der Waals surface area contributed by atoms with Gasteiger partial charge in [0, 0.05) is 44.5 Å². The first-order valence-corrected chi connectivity index (χ1v) is 12.7. The molecule has 168 valence electrons. The first-order chi connectivity index (χ1) is 14.4. The molecule has 2 aliphatic rings. The molecule has 1 fully saturated rings. The zero-order valence-electron chi connectivity index (χ0n) is 18.8. The molecule has 2 aliphatic heterocycles. The molecule has 1 atom stereocenters. The van der Waals surface area contributed by atoms with Crippen molar-refractivity contribution in [1.82, 2.24) is 14.1 Å². The molecule has 0 aliphatic carbocycles. The lowest BCUT2D eigenvalue weighted by Gasteiger charge is -2.34. The molecule has 1 saturated heterocycles. The molecule has 8 heteroatoms. The first-order valence-electron chi connectivity index (χ1n) is 11.3. The Hall–Kier alpha value is -1.64. The Morgan fingerprint density at radius 3 is 2.40 bits per heavy atom. The predicted molar refractivity (Wildman–Crippen MR) is 121 cm³/mol. The minimum atomic E-state index is -3.50. The van der Waals surface area contributed by atoms with Gasteiger partial charge < -0.3 is 4.90 Å². The Bertz CT molecular complexity index is 850. The Morgan fingerprint density at radius 2 is 1.77 bits per heavy atom. The topological polar surface area (TPSA) is 64.2 Å². The van der Waals surface area contributed by atoms with Crippen molar-refractivity contribution in [3.63, 3.8) is 0 Å². The van der Waals surface area contributed by atoms with E-state index in [2.05, 4.69) is 18.7 Å². The van der Waals surface area contributed by atoms with E-state index in [0.29, 0.717) is 30.6 Å². The van der Waals surface area contributed by atoms with Crippen LogP contribution >= 0.6 is 0 Å². The van der Waals surface area contributed by atoms with Crippen molar-refractivity contribution < 1.29 is 13.2 Å². The Labute approximate surface area is 181 Å². The highest BCUT2D eigenvalue weighted by Gasteiger charge is 2.34. The first kappa shape index (κ1) is 23.0. The van der Waals surface area contributed by atoms with Gasteiger partial charge in [0.25, 0.3) is 0 Å². The van der Waals surface area contributed by atoms with Gasteiger partial charge >= 0.3 is 6.03 Å². The lowest BCUT2D eigenvalue weighted by molar-refractivity contribution is 0.197. The van der Waals surface area contributed by atoms with Crippen molar-refractivity contribution in [2.24, 2.45) is 0 Å². The van der Waals surface area contributed by atoms with Crippen LogP contribution in [0.4, 0.5) is 10.5 Å². The highest BCUT2D eigenvalue weighted by molar-refractivity contribution is 7.89. The third kappa shape index (κ3) is 4.36. The number of hydrogen-bond acceptors (Lipinski definition) is 4. The van der Waals surface area contributed by atoms with Crippen molar-refractivity contribution in [1.29, 1.82) is 0 Å². The van der Waals surface area contributed by atoms with Crippen LogP contribution < -0.4 is 4.90 Å². The van der Waals surface area contributed by atoms with Crippen LogP contribution in [0.15, 0.2) is 23.1 Å². The van der Waals surface area contributed by atoms with Crippen LogP contribution in [0.1, 0.15) is 46.1 Å². The quantitative estimate of drug-likeness (QED) is 0.659. The summed E-state index contributed by atoms with van der Waals surface area (Å²) in [5.74, 6) is 0. The number of carbonyl (C=O) groups is 1. The van der Waals surface area contributed by atoms with E-state index >= 15 is 0 Å². The highest BCUT2D eigenvalue weighted by Crippen LogP contribution is 2.32. The van der Waals surface area contributed by atoms with Crippen molar-refractivity contribution in [2.45, 2.75) is 57.9 Å². The van der Waals surface area contributed by atoms with Crippen LogP contribution in [0.25, 0.3) is 0 Å². The van der Waals surface area contributed by atoms with Gasteiger partial charge in [-0.25, -0.2) is 13.2 Å². The van der Waals surface area contributed by atoms with Gasteiger partial charge in [-0.2, -0.15) is 4.31 Å². The van der Waals surface area contributed by atoms with Crippen LogP contribution in [0.3, 0.4) is 0 Å². The van der Waals surface area contributed by atoms with Crippen molar-refractivity contribution in [2.75, 3.05) is 50.7 Å². The largest absolute Gasteiger partial charge is 0.324 e. The summed E-state index contributed by atoms with van der Waals surface area (Å²) < 4.78 is 27.3. The van der Waals surface area contributed by atoms with Gasteiger partial charge in [0.15, 0.2) is 0 Å². The zero-order chi connectivity index (χ0) is 21.9. The van der Waals surface area contributed by atoms with E-state index in [1.54, 1.807) is 12.1 Å². The number of nitrogens with zero attached hydrogens (tertiary/aromatic N) is 4. The van der Waals surface area contributed by atoms with Gasteiger partial charge in [-0.15, -0.1) is 0 Å². The fraction of sp³-hybridized carbons (Fsp3) is 0.682. The third-order valence-corrected chi connectivity index (χ3v) is 8.55. The number of likely N-dealkylation sites (N-methyl/N-ethyl adjacent to an activating group) is 1. The van der Waals surface area contributed by atoms with Crippen molar-refractivity contribution in [3.05, 3.63) is 23.8 Å². The van der Waals surface area contributed by atoms with Gasteiger partial charge in [0.1, 0.15) is 0 Å². The van der Waals surface area contributed by atoms with Crippen molar-refractivity contribution in [3.8, 4) is 0 Å². The number of amides is 2. The molecule has 0 bridgehead atoms. The van der Waals surface area contributed by atoms with Gasteiger partial charge in [0.05, 0.1) is 4.90 Å². The minimum Gasteiger partial charge on any atom is -0.323 e. The van der Waals surface area contributed by atoms with E-state index in [1.807, 2.05) is 29.7 Å². The van der Waals surface area contributed by atoms with Gasteiger partial charge in [-0.1, -0.05) is 27.7 Å². The number of carbonyl (C=O) groups excluding carboxylic acids is 1. The minimum absolute atomic E-state index is 0.0463. The summed E-state index contributed by atoms with van der Waals surface area (Å²) in [6.07, 6.45) is 2.65. The molecular formula is C22H36N4O3S. The Morgan fingerprint density at radius 1 is 1.07 bits per heavy atom. The maximum absolute atomic E-state index is 13.3. The van der Waals surface area contributed by atoms with Crippen LogP contribution in [0, 0.1) is 0 Å². The summed E-state index contributed by atoms with van der Waals surface area (Å²) >= 11 is 0. The summed E-state index contributed by atoms with van der Waals surface area (Å²) in [6.45, 7) is 13.1. The molecule has 1 aromatic rings. The maximum Gasteiger partial charge on any atom is 0.324 e. The molecule has 3 rings (SSSR count). The normalized spacial score (nSPS) is 19.6. The number of hydrogen-bond donors (Lipinski definition) is 0. The van der Waals surface area contributed by atoms with E-state index in [4.69, 9.17) is 0 Å². The van der Waals surface area contributed by atoms with E-state index in [-0.39, 0.29) is 6.03 Å². The molecule has 0 aromatic heterocycles. The maximum atomic E-state index is 13.3. The van der Waals surface area contributed by atoms with E-state index in [9.17, 15) is 13.2 Å². The molecule has 2 heterocycles. The number of aryl methyl sites for hydroxylation is 1. The van der Waals surface area contributed by atoms with Crippen molar-refractivity contribution >= 4 is 21.7 Å². The summed E-state index contributed by atoms with van der Waals surface area (Å²) in [6, 6.07) is 5.71. The zero-order valence-corrected chi connectivity index (χ0v) is 19.6. The number of urea groups is 1. The van der Waals surface area contributed by atoms with E-state index in [0.717, 1.165) is 56.7 Å². The smallest absolute Gasteiger partial charge is 0.323 e. The summed E-state index contributed by atoms with van der Waals surface area (Å²) in [7, 11) is -3.50. The molecule has 2 amide bonds. The Balaban J connectivity index is 1.80. The molecule has 30 heavy (non-hydrogen) atoms. The number of sulfonamides is 1. The molecule has 1 aromatic carbocycles. The highest BCUT2D eigenvalue weighted by atomic mass is 32.2. The molecule has 0 radical (unpaired) electrons. The van der Waals surface area contributed by atoms with Gasteiger partial charge in [-0.3, -0.25) is 9.80 Å². The standard InChI is InChI=1S/C22H36N4O3S/c1-5-23(6-2)19-13-15-24(17-19)22(27)26-14-9-10-18-16-20(11-12-21(18)26)30(28,29)25(7-3)8-4/h11-12,16,19H,5-10,13-15,17H2,1-4H3. The number of fused-ring (bicyclic) bond motifs is 1. The molecular weight excluding hydrogens is 400 g/mol. The molecule has 1 unspecified atom stereocenters. The van der Waals surface area contributed by atoms with E-state index < -0.39 is 10.0 Å². The van der Waals surface area contributed by atoms with Crippen LogP contribution in [-0.4, -0.2) is 80.4 Å². The summed E-state index contributed by atoms with van der Waals surface area (Å²) in [5.41, 5.74) is 1.80. The fourth-order valence-corrected chi connectivity index (χ4v) is 6.28. The second-order valence-corrected chi connectivity index (χ2v) is 9.97. The lowest BCUT2D eigenvalue weighted by atomic mass is 10.0.